The number of hydrogen-bond acceptors (Lipinski definition) is 6. The molecule has 23 heavy (non-hydrogen) atoms. The molecule has 3 N–H and O–H groups in total. The number of nitrogen functional groups attached to an aromatic ring is 1. The summed E-state index contributed by atoms with van der Waals surface area (Å²) in [6.45, 7) is 2.92. The second kappa shape index (κ2) is 9.52. The minimum absolute atomic E-state index is 0.492. The monoisotopic (exact) mass is 396 g/mol. The minimum Gasteiger partial charge on any atom is -0.493 e. The highest BCUT2D eigenvalue weighted by atomic mass is 79.9. The maximum absolute atomic E-state index is 5.87. The van der Waals surface area contributed by atoms with Gasteiger partial charge in [0.05, 0.1) is 12.8 Å². The summed E-state index contributed by atoms with van der Waals surface area (Å²) < 4.78 is 6.85. The van der Waals surface area contributed by atoms with Crippen LogP contribution in [0.1, 0.15) is 38.2 Å². The second-order valence-electron chi connectivity index (χ2n) is 5.04. The van der Waals surface area contributed by atoms with Crippen molar-refractivity contribution >= 4 is 44.4 Å². The zero-order valence-electron chi connectivity index (χ0n) is 13.1. The Kier molecular flexibility index (Phi) is 7.35. The van der Waals surface area contributed by atoms with Crippen molar-refractivity contribution in [3.63, 3.8) is 0 Å². The average Bonchev–Trinajstić information content (AvgIpc) is 2.94. The van der Waals surface area contributed by atoms with E-state index in [4.69, 9.17) is 10.5 Å². The second-order valence-corrected chi connectivity index (χ2v) is 6.81. The molecule has 0 unspecified atom stereocenters. The molecule has 1 aromatic carbocycles. The Balaban J connectivity index is 1.94. The van der Waals surface area contributed by atoms with E-state index in [2.05, 4.69) is 38.4 Å². The van der Waals surface area contributed by atoms with E-state index >= 15 is 0 Å². The molecule has 124 valence electrons. The topological polar surface area (TPSA) is 72.5 Å². The lowest BCUT2D eigenvalue weighted by Crippen LogP contribution is -2.01. The third-order valence-corrected chi connectivity index (χ3v) is 4.37. The highest BCUT2D eigenvalue weighted by Gasteiger charge is 2.03. The zero-order valence-corrected chi connectivity index (χ0v) is 15.5. The van der Waals surface area contributed by atoms with Crippen molar-refractivity contribution in [2.45, 2.75) is 32.6 Å². The van der Waals surface area contributed by atoms with E-state index in [1.165, 1.54) is 30.6 Å². The number of hydrazone groups is 1. The first-order valence-corrected chi connectivity index (χ1v) is 9.28. The van der Waals surface area contributed by atoms with Gasteiger partial charge in [-0.3, -0.25) is 5.43 Å². The molecule has 0 bridgehead atoms. The number of anilines is 2. The first-order valence-electron chi connectivity index (χ1n) is 7.61. The van der Waals surface area contributed by atoms with E-state index in [-0.39, 0.29) is 0 Å². The van der Waals surface area contributed by atoms with Crippen molar-refractivity contribution in [2.75, 3.05) is 17.8 Å². The van der Waals surface area contributed by atoms with Crippen LogP contribution in [0.3, 0.4) is 0 Å². The molecule has 0 amide bonds. The lowest BCUT2D eigenvalue weighted by atomic mass is 10.2. The van der Waals surface area contributed by atoms with E-state index in [0.29, 0.717) is 10.9 Å². The van der Waals surface area contributed by atoms with E-state index in [1.807, 2.05) is 18.2 Å². The molecule has 0 saturated heterocycles. The van der Waals surface area contributed by atoms with Crippen LogP contribution >= 0.6 is 27.3 Å². The summed E-state index contributed by atoms with van der Waals surface area (Å²) in [5, 5.41) is 6.63. The van der Waals surface area contributed by atoms with Gasteiger partial charge < -0.3 is 10.5 Å². The Morgan fingerprint density at radius 2 is 2.26 bits per heavy atom. The molecule has 0 saturated carbocycles. The smallest absolute Gasteiger partial charge is 0.205 e. The summed E-state index contributed by atoms with van der Waals surface area (Å²) in [4.78, 5) is 4.09. The van der Waals surface area contributed by atoms with E-state index < -0.39 is 0 Å². The number of hydrogen-bond donors (Lipinski definition) is 2. The van der Waals surface area contributed by atoms with Crippen molar-refractivity contribution in [1.82, 2.24) is 4.98 Å². The fourth-order valence-corrected chi connectivity index (χ4v) is 2.88. The van der Waals surface area contributed by atoms with Crippen LogP contribution in [-0.4, -0.2) is 17.8 Å². The number of nitrogens with one attached hydrogen (secondary N) is 1. The Morgan fingerprint density at radius 3 is 3.00 bits per heavy atom. The summed E-state index contributed by atoms with van der Waals surface area (Å²) in [5.41, 5.74) is 9.36. The lowest BCUT2D eigenvalue weighted by Gasteiger charge is -2.09. The molecule has 0 fully saturated rings. The van der Waals surface area contributed by atoms with Gasteiger partial charge in [0.1, 0.15) is 11.6 Å². The van der Waals surface area contributed by atoms with E-state index in [1.54, 1.807) is 11.6 Å². The molecule has 0 aliphatic heterocycles. The van der Waals surface area contributed by atoms with Crippen molar-refractivity contribution in [2.24, 2.45) is 5.10 Å². The maximum atomic E-state index is 5.87. The van der Waals surface area contributed by atoms with Crippen LogP contribution in [0.5, 0.6) is 5.75 Å². The first kappa shape index (κ1) is 17.7. The number of nitrogens with two attached hydrogens (primary N) is 1. The number of rotatable bonds is 9. The van der Waals surface area contributed by atoms with Gasteiger partial charge in [-0.15, -0.1) is 11.3 Å². The van der Waals surface area contributed by atoms with Gasteiger partial charge in [-0.1, -0.05) is 42.1 Å². The third kappa shape index (κ3) is 6.19. The predicted octanol–water partition coefficient (Wildman–Crippen LogP) is 4.89. The molecule has 2 rings (SSSR count). The Labute approximate surface area is 149 Å². The fraction of sp³-hybridized carbons (Fsp3) is 0.375. The number of aromatic nitrogens is 1. The number of benzene rings is 1. The first-order chi connectivity index (χ1) is 11.2. The third-order valence-electron chi connectivity index (χ3n) is 3.11. The predicted molar refractivity (Wildman–Crippen MR) is 102 cm³/mol. The average molecular weight is 397 g/mol. The van der Waals surface area contributed by atoms with Crippen molar-refractivity contribution in [3.8, 4) is 5.75 Å². The van der Waals surface area contributed by atoms with Crippen LogP contribution in [0.2, 0.25) is 0 Å². The fourth-order valence-electron chi connectivity index (χ4n) is 1.96. The summed E-state index contributed by atoms with van der Waals surface area (Å²) >= 11 is 4.89. The standard InChI is InChI=1S/C16H21BrN4OS/c1-2-3-4-5-8-22-14-7-6-13(17)9-12(14)10-19-21-16-20-15(18)11-23-16/h6-7,9-11H,2-5,8,18H2,1H3,(H,20,21). The summed E-state index contributed by atoms with van der Waals surface area (Å²) in [7, 11) is 0. The normalized spacial score (nSPS) is 11.0. The van der Waals surface area contributed by atoms with E-state index in [9.17, 15) is 0 Å². The summed E-state index contributed by atoms with van der Waals surface area (Å²) in [6, 6.07) is 5.89. The minimum atomic E-state index is 0.492. The molecule has 0 spiro atoms. The molecule has 1 aromatic heterocycles. The molecule has 0 atom stereocenters. The van der Waals surface area contributed by atoms with Crippen LogP contribution in [0.25, 0.3) is 0 Å². The van der Waals surface area contributed by atoms with Gasteiger partial charge in [0.2, 0.25) is 5.13 Å². The highest BCUT2D eigenvalue weighted by Crippen LogP contribution is 2.22. The molecule has 5 nitrogen and oxygen atoms in total. The number of nitrogens with zero attached hydrogens (tertiary/aromatic N) is 2. The van der Waals surface area contributed by atoms with E-state index in [0.717, 1.165) is 28.8 Å². The van der Waals surface area contributed by atoms with Crippen LogP contribution in [0.4, 0.5) is 10.9 Å². The largest absolute Gasteiger partial charge is 0.493 e. The summed E-state index contributed by atoms with van der Waals surface area (Å²) in [6.07, 6.45) is 6.46. The van der Waals surface area contributed by atoms with Crippen LogP contribution in [-0.2, 0) is 0 Å². The van der Waals surface area contributed by atoms with Crippen molar-refractivity contribution in [3.05, 3.63) is 33.6 Å². The molecule has 2 aromatic rings. The molecular weight excluding hydrogens is 376 g/mol. The number of thiazole rings is 1. The van der Waals surface area contributed by atoms with Gasteiger partial charge in [0, 0.05) is 15.4 Å². The van der Waals surface area contributed by atoms with Crippen LogP contribution in [0.15, 0.2) is 33.2 Å². The zero-order chi connectivity index (χ0) is 16.5. The van der Waals surface area contributed by atoms with Gasteiger partial charge >= 0.3 is 0 Å². The maximum Gasteiger partial charge on any atom is 0.205 e. The molecule has 0 aliphatic carbocycles. The number of ether oxygens (including phenoxy) is 1. The quantitative estimate of drug-likeness (QED) is 0.359. The molecule has 0 aliphatic rings. The molecule has 1 heterocycles. The highest BCUT2D eigenvalue weighted by molar-refractivity contribution is 9.10. The lowest BCUT2D eigenvalue weighted by molar-refractivity contribution is 0.304. The van der Waals surface area contributed by atoms with Gasteiger partial charge in [-0.05, 0) is 24.6 Å². The van der Waals surface area contributed by atoms with Crippen LogP contribution < -0.4 is 15.9 Å². The number of unbranched alkanes of at least 4 members (excludes halogenated alkanes) is 3. The van der Waals surface area contributed by atoms with Gasteiger partial charge in [-0.25, -0.2) is 4.98 Å². The van der Waals surface area contributed by atoms with Gasteiger partial charge in [0.15, 0.2) is 0 Å². The summed E-state index contributed by atoms with van der Waals surface area (Å²) in [5.74, 6) is 1.32. The van der Waals surface area contributed by atoms with Crippen molar-refractivity contribution in [1.29, 1.82) is 0 Å². The van der Waals surface area contributed by atoms with Gasteiger partial charge in [-0.2, -0.15) is 5.10 Å². The molecular formula is C16H21BrN4OS. The van der Waals surface area contributed by atoms with Crippen molar-refractivity contribution < 1.29 is 4.74 Å². The van der Waals surface area contributed by atoms with Gasteiger partial charge in [0.25, 0.3) is 0 Å². The Morgan fingerprint density at radius 1 is 1.39 bits per heavy atom. The molecule has 7 heteroatoms. The Hall–Kier alpha value is -1.60. The molecule has 0 radical (unpaired) electrons. The Bertz CT molecular complexity index is 645. The van der Waals surface area contributed by atoms with Crippen LogP contribution in [0, 0.1) is 0 Å². The SMILES string of the molecule is CCCCCCOc1ccc(Br)cc1C=NNc1nc(N)cs1. The number of halogens is 1.